The Balaban J connectivity index is 1.66. The van der Waals surface area contributed by atoms with E-state index >= 15 is 0 Å². The molecular formula is C25H20FN6O2+. The van der Waals surface area contributed by atoms with E-state index in [9.17, 15) is 14.0 Å². The second-order valence-electron chi connectivity index (χ2n) is 7.78. The molecule has 0 fully saturated rings. The first-order valence-electron chi connectivity index (χ1n) is 10.6. The van der Waals surface area contributed by atoms with Crippen molar-refractivity contribution in [3.63, 3.8) is 0 Å². The van der Waals surface area contributed by atoms with Crippen LogP contribution in [-0.4, -0.2) is 20.3 Å². The molecule has 1 aromatic carbocycles. The molecule has 0 radical (unpaired) electrons. The summed E-state index contributed by atoms with van der Waals surface area (Å²) in [7, 11) is 0. The summed E-state index contributed by atoms with van der Waals surface area (Å²) < 4.78 is 16.5. The third kappa shape index (κ3) is 3.95. The van der Waals surface area contributed by atoms with E-state index in [1.54, 1.807) is 59.6 Å². The van der Waals surface area contributed by atoms with Crippen LogP contribution >= 0.6 is 0 Å². The lowest BCUT2D eigenvalue weighted by molar-refractivity contribution is -0.649. The molecule has 0 spiro atoms. The maximum absolute atomic E-state index is 13.4. The number of nitrogens with one attached hydrogen (secondary N) is 1. The maximum Gasteiger partial charge on any atom is 0.278 e. The number of hydrogen-bond donors (Lipinski definition) is 2. The SMILES string of the molecule is Nc1c(C(=O)NCc2cccnc2)cc2c(=O)n3ccccc3nc2[n+]1Cc1ccc(F)cc1. The van der Waals surface area contributed by atoms with Crippen LogP contribution in [0.5, 0.6) is 0 Å². The molecule has 0 saturated carbocycles. The highest BCUT2D eigenvalue weighted by Gasteiger charge is 2.24. The second-order valence-corrected chi connectivity index (χ2v) is 7.78. The molecular weight excluding hydrogens is 435 g/mol. The third-order valence-electron chi connectivity index (χ3n) is 5.53. The minimum absolute atomic E-state index is 0.146. The van der Waals surface area contributed by atoms with Crippen LogP contribution in [0, 0.1) is 5.82 Å². The average molecular weight is 455 g/mol. The van der Waals surface area contributed by atoms with Gasteiger partial charge in [0.15, 0.2) is 0 Å². The largest absolute Gasteiger partial charge is 0.348 e. The Bertz CT molecular complexity index is 1580. The van der Waals surface area contributed by atoms with Gasteiger partial charge in [-0.05, 0) is 47.5 Å². The standard InChI is InChI=1S/C25H19FN6O2/c26-18-8-6-16(7-9-18)15-32-22(27)19(24(33)29-14-17-4-3-10-28-13-17)12-20-23(32)30-21-5-1-2-11-31(21)25(20)34/h1-13,27H,14-15H2,(H,29,33)/p+1. The molecule has 168 valence electrons. The summed E-state index contributed by atoms with van der Waals surface area (Å²) in [6.07, 6.45) is 4.92. The first kappa shape index (κ1) is 21.2. The highest BCUT2D eigenvalue weighted by Crippen LogP contribution is 2.16. The van der Waals surface area contributed by atoms with E-state index in [-0.39, 0.29) is 41.2 Å². The van der Waals surface area contributed by atoms with Crippen LogP contribution in [0.1, 0.15) is 21.5 Å². The molecule has 0 aliphatic rings. The van der Waals surface area contributed by atoms with Crippen molar-refractivity contribution in [3.05, 3.63) is 112 Å². The first-order chi connectivity index (χ1) is 16.5. The Kier molecular flexibility index (Phi) is 5.43. The van der Waals surface area contributed by atoms with Crippen molar-refractivity contribution in [1.29, 1.82) is 0 Å². The second kappa shape index (κ2) is 8.70. The normalized spacial score (nSPS) is 11.1. The number of hydrogen-bond acceptors (Lipinski definition) is 5. The smallest absolute Gasteiger partial charge is 0.278 e. The summed E-state index contributed by atoms with van der Waals surface area (Å²) in [6, 6.07) is 16.2. The number of fused-ring (bicyclic) bond motifs is 2. The van der Waals surface area contributed by atoms with Gasteiger partial charge in [-0.15, -0.1) is 0 Å². The minimum atomic E-state index is -0.436. The number of carbonyl (C=O) groups excluding carboxylic acids is 1. The van der Waals surface area contributed by atoms with Crippen molar-refractivity contribution in [2.24, 2.45) is 0 Å². The molecule has 0 saturated heterocycles. The molecule has 3 N–H and O–H groups in total. The van der Waals surface area contributed by atoms with Crippen molar-refractivity contribution in [2.45, 2.75) is 13.1 Å². The van der Waals surface area contributed by atoms with E-state index in [1.807, 2.05) is 6.07 Å². The number of carbonyl (C=O) groups is 1. The number of nitrogens with zero attached hydrogens (tertiary/aromatic N) is 4. The third-order valence-corrected chi connectivity index (χ3v) is 5.53. The number of rotatable bonds is 5. The Morgan fingerprint density at radius 3 is 2.68 bits per heavy atom. The molecule has 5 aromatic rings. The lowest BCUT2D eigenvalue weighted by Crippen LogP contribution is -2.43. The Hall–Kier alpha value is -4.66. The van der Waals surface area contributed by atoms with Crippen LogP contribution in [0.25, 0.3) is 16.7 Å². The molecule has 8 nitrogen and oxygen atoms in total. The van der Waals surface area contributed by atoms with Gasteiger partial charge >= 0.3 is 0 Å². The van der Waals surface area contributed by atoms with Gasteiger partial charge < -0.3 is 11.1 Å². The lowest BCUT2D eigenvalue weighted by Gasteiger charge is -2.13. The summed E-state index contributed by atoms with van der Waals surface area (Å²) in [6.45, 7) is 0.443. The monoisotopic (exact) mass is 455 g/mol. The summed E-state index contributed by atoms with van der Waals surface area (Å²) in [5.41, 5.74) is 8.62. The van der Waals surface area contributed by atoms with Gasteiger partial charge in [-0.2, -0.15) is 0 Å². The lowest BCUT2D eigenvalue weighted by atomic mass is 10.1. The van der Waals surface area contributed by atoms with Gasteiger partial charge in [0, 0.05) is 25.1 Å². The highest BCUT2D eigenvalue weighted by molar-refractivity contribution is 6.00. The van der Waals surface area contributed by atoms with Crippen LogP contribution in [-0.2, 0) is 13.1 Å². The maximum atomic E-state index is 13.4. The summed E-state index contributed by atoms with van der Waals surface area (Å²) in [5.74, 6) is -0.654. The Morgan fingerprint density at radius 2 is 1.91 bits per heavy atom. The number of anilines is 1. The number of halogens is 1. The van der Waals surface area contributed by atoms with E-state index < -0.39 is 5.91 Å². The van der Waals surface area contributed by atoms with E-state index in [2.05, 4.69) is 15.3 Å². The van der Waals surface area contributed by atoms with Crippen LogP contribution in [0.15, 0.2) is 84.0 Å². The van der Waals surface area contributed by atoms with Gasteiger partial charge in [0.2, 0.25) is 11.5 Å². The van der Waals surface area contributed by atoms with Gasteiger partial charge in [0.1, 0.15) is 16.8 Å². The summed E-state index contributed by atoms with van der Waals surface area (Å²) in [5, 5.41) is 3.07. The molecule has 0 atom stereocenters. The fourth-order valence-electron chi connectivity index (χ4n) is 3.80. The molecule has 9 heteroatoms. The van der Waals surface area contributed by atoms with Gasteiger partial charge in [-0.1, -0.05) is 29.2 Å². The molecule has 4 heterocycles. The molecule has 1 amide bonds. The molecule has 34 heavy (non-hydrogen) atoms. The molecule has 4 aromatic heterocycles. The van der Waals surface area contributed by atoms with Gasteiger partial charge in [0.25, 0.3) is 17.1 Å². The Morgan fingerprint density at radius 1 is 1.09 bits per heavy atom. The average Bonchev–Trinajstić information content (AvgIpc) is 2.86. The summed E-state index contributed by atoms with van der Waals surface area (Å²) >= 11 is 0. The number of aromatic nitrogens is 4. The zero-order valence-electron chi connectivity index (χ0n) is 18.0. The van der Waals surface area contributed by atoms with Gasteiger partial charge in [0.05, 0.1) is 6.54 Å². The van der Waals surface area contributed by atoms with Crippen molar-refractivity contribution < 1.29 is 13.8 Å². The van der Waals surface area contributed by atoms with Crippen LogP contribution in [0.2, 0.25) is 0 Å². The molecule has 0 aliphatic carbocycles. The van der Waals surface area contributed by atoms with E-state index in [1.165, 1.54) is 22.6 Å². The Labute approximate surface area is 193 Å². The van der Waals surface area contributed by atoms with Crippen molar-refractivity contribution in [1.82, 2.24) is 19.7 Å². The zero-order valence-corrected chi connectivity index (χ0v) is 18.0. The van der Waals surface area contributed by atoms with Crippen LogP contribution in [0.3, 0.4) is 0 Å². The number of benzene rings is 1. The highest BCUT2D eigenvalue weighted by atomic mass is 19.1. The number of amides is 1. The first-order valence-corrected chi connectivity index (χ1v) is 10.6. The van der Waals surface area contributed by atoms with Crippen molar-refractivity contribution in [3.8, 4) is 0 Å². The number of pyridine rings is 3. The van der Waals surface area contributed by atoms with E-state index in [0.717, 1.165) is 11.1 Å². The van der Waals surface area contributed by atoms with Crippen molar-refractivity contribution in [2.75, 3.05) is 5.73 Å². The zero-order chi connectivity index (χ0) is 23.7. The summed E-state index contributed by atoms with van der Waals surface area (Å²) in [4.78, 5) is 35.1. The number of nitrogens with two attached hydrogens (primary N) is 1. The van der Waals surface area contributed by atoms with Gasteiger partial charge in [-0.25, -0.2) is 8.96 Å². The predicted molar refractivity (Wildman–Crippen MR) is 124 cm³/mol. The predicted octanol–water partition coefficient (Wildman–Crippen LogP) is 2.23. The van der Waals surface area contributed by atoms with E-state index in [0.29, 0.717) is 11.3 Å². The topological polar surface area (TPSA) is 106 Å². The van der Waals surface area contributed by atoms with Crippen LogP contribution < -0.4 is 21.2 Å². The molecule has 0 unspecified atom stereocenters. The minimum Gasteiger partial charge on any atom is -0.348 e. The molecule has 0 aliphatic heterocycles. The quantitative estimate of drug-likeness (QED) is 0.312. The molecule has 5 rings (SSSR count). The van der Waals surface area contributed by atoms with E-state index in [4.69, 9.17) is 5.73 Å². The van der Waals surface area contributed by atoms with Crippen LogP contribution in [0.4, 0.5) is 10.2 Å². The molecule has 0 bridgehead atoms. The van der Waals surface area contributed by atoms with Gasteiger partial charge in [-0.3, -0.25) is 19.0 Å². The fraction of sp³-hybridized carbons (Fsp3) is 0.0800. The van der Waals surface area contributed by atoms with Crippen molar-refractivity contribution >= 4 is 28.4 Å². The fourth-order valence-corrected chi connectivity index (χ4v) is 3.80. The number of nitrogen functional groups attached to an aromatic ring is 1.